The fraction of sp³-hybridized carbons (Fsp3) is 1.00. The first kappa shape index (κ1) is 11.3. The normalized spacial score (nSPS) is 35.2. The van der Waals surface area contributed by atoms with Crippen LogP contribution in [0.2, 0.25) is 0 Å². The van der Waals surface area contributed by atoms with Crippen LogP contribution in [0.25, 0.3) is 0 Å². The summed E-state index contributed by atoms with van der Waals surface area (Å²) in [5.41, 5.74) is 0.267. The van der Waals surface area contributed by atoms with Gasteiger partial charge in [0.05, 0.1) is 0 Å². The van der Waals surface area contributed by atoms with Crippen LogP contribution in [0.4, 0.5) is 4.39 Å². The molecule has 2 aliphatic rings. The molecule has 0 unspecified atom stereocenters. The van der Waals surface area contributed by atoms with Crippen LogP contribution in [0, 0.1) is 0 Å². The van der Waals surface area contributed by atoms with Crippen LogP contribution in [-0.2, 0) is 0 Å². The van der Waals surface area contributed by atoms with Crippen LogP contribution in [0.5, 0.6) is 0 Å². The van der Waals surface area contributed by atoms with Crippen molar-refractivity contribution >= 4 is 0 Å². The molecule has 0 radical (unpaired) electrons. The third-order valence-electron chi connectivity index (χ3n) is 3.79. The molecule has 2 atom stereocenters. The molecule has 0 N–H and O–H groups in total. The van der Waals surface area contributed by atoms with Crippen LogP contribution < -0.4 is 0 Å². The van der Waals surface area contributed by atoms with Gasteiger partial charge in [-0.2, -0.15) is 0 Å². The van der Waals surface area contributed by atoms with E-state index in [0.29, 0.717) is 12.6 Å². The monoisotopic (exact) mass is 214 g/mol. The number of rotatable bonds is 1. The Labute approximate surface area is 92.4 Å². The van der Waals surface area contributed by atoms with Crippen molar-refractivity contribution in [3.05, 3.63) is 0 Å². The SMILES string of the molecule is CC(C)(C)N1CC[C@@H](N2CC[C@@H](F)C2)C1. The molecule has 3 heteroatoms. The molecule has 2 aliphatic heterocycles. The fourth-order valence-corrected chi connectivity index (χ4v) is 2.72. The van der Waals surface area contributed by atoms with Gasteiger partial charge in [0.25, 0.3) is 0 Å². The number of likely N-dealkylation sites (tertiary alicyclic amines) is 2. The molecule has 88 valence electrons. The van der Waals surface area contributed by atoms with Gasteiger partial charge in [0.15, 0.2) is 0 Å². The zero-order valence-electron chi connectivity index (χ0n) is 10.2. The predicted molar refractivity (Wildman–Crippen MR) is 60.8 cm³/mol. The first-order valence-electron chi connectivity index (χ1n) is 6.10. The Morgan fingerprint density at radius 3 is 2.27 bits per heavy atom. The van der Waals surface area contributed by atoms with Crippen LogP contribution in [0.15, 0.2) is 0 Å². The third kappa shape index (κ3) is 2.51. The van der Waals surface area contributed by atoms with Gasteiger partial charge in [-0.1, -0.05) is 0 Å². The largest absolute Gasteiger partial charge is 0.297 e. The highest BCUT2D eigenvalue weighted by Gasteiger charge is 2.35. The molecule has 0 amide bonds. The molecule has 15 heavy (non-hydrogen) atoms. The van der Waals surface area contributed by atoms with Gasteiger partial charge in [0.2, 0.25) is 0 Å². The molecule has 2 nitrogen and oxygen atoms in total. The zero-order valence-corrected chi connectivity index (χ0v) is 10.2. The molecule has 0 saturated carbocycles. The second-order valence-electron chi connectivity index (χ2n) is 5.94. The summed E-state index contributed by atoms with van der Waals surface area (Å²) in [7, 11) is 0. The number of hydrogen-bond acceptors (Lipinski definition) is 2. The Hall–Kier alpha value is -0.150. The first-order valence-corrected chi connectivity index (χ1v) is 6.10. The zero-order chi connectivity index (χ0) is 11.1. The highest BCUT2D eigenvalue weighted by atomic mass is 19.1. The van der Waals surface area contributed by atoms with Crippen LogP contribution in [-0.4, -0.2) is 53.7 Å². The summed E-state index contributed by atoms with van der Waals surface area (Å²) < 4.78 is 13.1. The summed E-state index contributed by atoms with van der Waals surface area (Å²) in [5.74, 6) is 0. The van der Waals surface area contributed by atoms with Crippen molar-refractivity contribution in [2.24, 2.45) is 0 Å². The van der Waals surface area contributed by atoms with Gasteiger partial charge in [0, 0.05) is 37.8 Å². The maximum absolute atomic E-state index is 13.1. The molecule has 2 heterocycles. The molecular weight excluding hydrogens is 191 g/mol. The average Bonchev–Trinajstić information content (AvgIpc) is 2.69. The Bertz CT molecular complexity index is 224. The Morgan fingerprint density at radius 2 is 1.80 bits per heavy atom. The quantitative estimate of drug-likeness (QED) is 0.658. The minimum atomic E-state index is -0.575. The highest BCUT2D eigenvalue weighted by Crippen LogP contribution is 2.26. The topological polar surface area (TPSA) is 6.48 Å². The van der Waals surface area contributed by atoms with E-state index in [2.05, 4.69) is 30.6 Å². The van der Waals surface area contributed by atoms with Gasteiger partial charge in [-0.25, -0.2) is 4.39 Å². The van der Waals surface area contributed by atoms with E-state index in [9.17, 15) is 4.39 Å². The predicted octanol–water partition coefficient (Wildman–Crippen LogP) is 1.90. The fourth-order valence-electron chi connectivity index (χ4n) is 2.72. The summed E-state index contributed by atoms with van der Waals surface area (Å²) in [6.45, 7) is 10.7. The van der Waals surface area contributed by atoms with Crippen molar-refractivity contribution in [2.45, 2.75) is 51.4 Å². The highest BCUT2D eigenvalue weighted by molar-refractivity contribution is 4.92. The van der Waals surface area contributed by atoms with Crippen molar-refractivity contribution < 1.29 is 4.39 Å². The van der Waals surface area contributed by atoms with E-state index in [1.165, 1.54) is 13.0 Å². The Morgan fingerprint density at radius 1 is 1.07 bits per heavy atom. The molecule has 2 fully saturated rings. The maximum atomic E-state index is 13.1. The van der Waals surface area contributed by atoms with E-state index < -0.39 is 6.17 Å². The van der Waals surface area contributed by atoms with Gasteiger partial charge < -0.3 is 0 Å². The van der Waals surface area contributed by atoms with Gasteiger partial charge in [0.1, 0.15) is 6.17 Å². The van der Waals surface area contributed by atoms with Crippen LogP contribution in [0.1, 0.15) is 33.6 Å². The summed E-state index contributed by atoms with van der Waals surface area (Å²) in [6, 6.07) is 0.602. The molecule has 0 bridgehead atoms. The number of hydrogen-bond donors (Lipinski definition) is 0. The van der Waals surface area contributed by atoms with Gasteiger partial charge in [-0.3, -0.25) is 9.80 Å². The van der Waals surface area contributed by atoms with Crippen LogP contribution >= 0.6 is 0 Å². The summed E-state index contributed by atoms with van der Waals surface area (Å²) in [6.07, 6.45) is 1.38. The number of halogens is 1. The minimum absolute atomic E-state index is 0.267. The Balaban J connectivity index is 1.87. The van der Waals surface area contributed by atoms with Crippen molar-refractivity contribution in [2.75, 3.05) is 26.2 Å². The maximum Gasteiger partial charge on any atom is 0.114 e. The third-order valence-corrected chi connectivity index (χ3v) is 3.79. The van der Waals surface area contributed by atoms with E-state index in [4.69, 9.17) is 0 Å². The van der Waals surface area contributed by atoms with Crippen molar-refractivity contribution in [1.82, 2.24) is 9.80 Å². The summed E-state index contributed by atoms with van der Waals surface area (Å²) >= 11 is 0. The van der Waals surface area contributed by atoms with Gasteiger partial charge in [-0.15, -0.1) is 0 Å². The molecule has 0 aromatic heterocycles. The number of nitrogens with zero attached hydrogens (tertiary/aromatic N) is 2. The van der Waals surface area contributed by atoms with Crippen LogP contribution in [0.3, 0.4) is 0 Å². The number of alkyl halides is 1. The molecule has 0 aliphatic carbocycles. The lowest BCUT2D eigenvalue weighted by Crippen LogP contribution is -2.42. The molecule has 2 rings (SSSR count). The molecule has 2 saturated heterocycles. The van der Waals surface area contributed by atoms with E-state index in [-0.39, 0.29) is 5.54 Å². The molecule has 0 aromatic carbocycles. The second-order valence-corrected chi connectivity index (χ2v) is 5.94. The van der Waals surface area contributed by atoms with E-state index in [1.54, 1.807) is 0 Å². The lowest BCUT2D eigenvalue weighted by atomic mass is 10.1. The van der Waals surface area contributed by atoms with Gasteiger partial charge in [-0.05, 0) is 33.6 Å². The van der Waals surface area contributed by atoms with E-state index in [0.717, 1.165) is 19.5 Å². The first-order chi connectivity index (χ1) is 6.97. The van der Waals surface area contributed by atoms with Crippen molar-refractivity contribution in [1.29, 1.82) is 0 Å². The minimum Gasteiger partial charge on any atom is -0.297 e. The van der Waals surface area contributed by atoms with Gasteiger partial charge >= 0.3 is 0 Å². The smallest absolute Gasteiger partial charge is 0.114 e. The second kappa shape index (κ2) is 4.02. The van der Waals surface area contributed by atoms with E-state index >= 15 is 0 Å². The van der Waals surface area contributed by atoms with Crippen molar-refractivity contribution in [3.8, 4) is 0 Å². The average molecular weight is 214 g/mol. The van der Waals surface area contributed by atoms with Crippen molar-refractivity contribution in [3.63, 3.8) is 0 Å². The summed E-state index contributed by atoms with van der Waals surface area (Å²) in [5, 5.41) is 0. The lowest BCUT2D eigenvalue weighted by molar-refractivity contribution is 0.150. The molecular formula is C12H23FN2. The Kier molecular flexibility index (Phi) is 3.04. The summed E-state index contributed by atoms with van der Waals surface area (Å²) in [4.78, 5) is 4.86. The molecule has 0 spiro atoms. The molecule has 0 aromatic rings. The van der Waals surface area contributed by atoms with E-state index in [1.807, 2.05) is 0 Å². The lowest BCUT2D eigenvalue weighted by Gasteiger charge is -2.32. The standard InChI is InChI=1S/C12H23FN2/c1-12(2,3)15-7-5-11(9-15)14-6-4-10(13)8-14/h10-11H,4-9H2,1-3H3/t10-,11-/m1/s1.